The quantitative estimate of drug-likeness (QED) is 0.865. The van der Waals surface area contributed by atoms with Crippen molar-refractivity contribution < 1.29 is 0 Å². The van der Waals surface area contributed by atoms with E-state index in [1.165, 1.54) is 5.56 Å². The van der Waals surface area contributed by atoms with Crippen molar-refractivity contribution in [1.29, 1.82) is 5.26 Å². The molecule has 1 aromatic carbocycles. The summed E-state index contributed by atoms with van der Waals surface area (Å²) in [5.74, 6) is 0. The third-order valence-electron chi connectivity index (χ3n) is 2.66. The van der Waals surface area contributed by atoms with Crippen LogP contribution < -0.4 is 5.32 Å². The Balaban J connectivity index is 2.40. The summed E-state index contributed by atoms with van der Waals surface area (Å²) < 4.78 is 0. The van der Waals surface area contributed by atoms with Crippen molar-refractivity contribution in [2.24, 2.45) is 0 Å². The molecule has 1 aromatic rings. The Labute approximate surface area is 110 Å². The lowest BCUT2D eigenvalue weighted by Gasteiger charge is -2.23. The number of rotatable bonds is 5. The monoisotopic (exact) mass is 245 g/mol. The fourth-order valence-corrected chi connectivity index (χ4v) is 1.75. The van der Waals surface area contributed by atoms with Crippen molar-refractivity contribution >= 4 is 0 Å². The third kappa shape index (κ3) is 5.81. The van der Waals surface area contributed by atoms with Gasteiger partial charge in [0.2, 0.25) is 0 Å². The molecular formula is C15H23N3. The smallest absolute Gasteiger partial charge is 0.0991 e. The molecule has 0 aromatic heterocycles. The molecular weight excluding hydrogens is 222 g/mol. The lowest BCUT2D eigenvalue weighted by molar-refractivity contribution is 0.303. The molecule has 0 amide bonds. The van der Waals surface area contributed by atoms with E-state index in [1.54, 1.807) is 0 Å². The number of nitrogens with zero attached hydrogens (tertiary/aromatic N) is 2. The number of hydrogen-bond acceptors (Lipinski definition) is 3. The number of nitriles is 1. The first-order valence-corrected chi connectivity index (χ1v) is 6.33. The van der Waals surface area contributed by atoms with Crippen molar-refractivity contribution in [3.05, 3.63) is 35.4 Å². The van der Waals surface area contributed by atoms with Crippen LogP contribution in [0.5, 0.6) is 0 Å². The van der Waals surface area contributed by atoms with Gasteiger partial charge in [-0.1, -0.05) is 12.1 Å². The molecule has 0 aliphatic heterocycles. The van der Waals surface area contributed by atoms with Crippen LogP contribution in [-0.2, 0) is 6.54 Å². The van der Waals surface area contributed by atoms with Gasteiger partial charge in [-0.2, -0.15) is 5.26 Å². The molecule has 0 radical (unpaired) electrons. The Morgan fingerprint density at radius 1 is 1.33 bits per heavy atom. The van der Waals surface area contributed by atoms with E-state index >= 15 is 0 Å². The molecule has 0 aliphatic carbocycles. The predicted molar refractivity (Wildman–Crippen MR) is 75.2 cm³/mol. The van der Waals surface area contributed by atoms with Gasteiger partial charge in [-0.3, -0.25) is 0 Å². The maximum Gasteiger partial charge on any atom is 0.0991 e. The Hall–Kier alpha value is -1.37. The first kappa shape index (κ1) is 14.7. The van der Waals surface area contributed by atoms with E-state index in [4.69, 9.17) is 5.26 Å². The number of benzene rings is 1. The van der Waals surface area contributed by atoms with Crippen LogP contribution in [0.4, 0.5) is 0 Å². The standard InChI is InChI=1S/C15H23N3/c1-15(2,3)17-8-9-18(4)12-14-7-5-6-13(10-14)11-16/h5-7,10,17H,8-9,12H2,1-4H3. The summed E-state index contributed by atoms with van der Waals surface area (Å²) in [6.07, 6.45) is 0. The Morgan fingerprint density at radius 2 is 2.06 bits per heavy atom. The van der Waals surface area contributed by atoms with Crippen LogP contribution in [-0.4, -0.2) is 30.6 Å². The molecule has 0 atom stereocenters. The maximum atomic E-state index is 8.85. The molecule has 0 bridgehead atoms. The van der Waals surface area contributed by atoms with Gasteiger partial charge < -0.3 is 10.2 Å². The molecule has 0 fully saturated rings. The summed E-state index contributed by atoms with van der Waals surface area (Å²) in [6, 6.07) is 9.97. The summed E-state index contributed by atoms with van der Waals surface area (Å²) in [4.78, 5) is 2.26. The highest BCUT2D eigenvalue weighted by atomic mass is 15.1. The molecule has 0 spiro atoms. The lowest BCUT2D eigenvalue weighted by Crippen LogP contribution is -2.40. The molecule has 0 saturated heterocycles. The van der Waals surface area contributed by atoms with Gasteiger partial charge in [-0.15, -0.1) is 0 Å². The van der Waals surface area contributed by atoms with Crippen molar-refractivity contribution in [2.45, 2.75) is 32.9 Å². The van der Waals surface area contributed by atoms with Crippen LogP contribution >= 0.6 is 0 Å². The fourth-order valence-electron chi connectivity index (χ4n) is 1.75. The normalized spacial score (nSPS) is 11.6. The second kappa shape index (κ2) is 6.53. The van der Waals surface area contributed by atoms with Gasteiger partial charge in [0, 0.05) is 25.2 Å². The molecule has 0 heterocycles. The van der Waals surface area contributed by atoms with Crippen LogP contribution in [0.2, 0.25) is 0 Å². The summed E-state index contributed by atoms with van der Waals surface area (Å²) in [7, 11) is 2.10. The van der Waals surface area contributed by atoms with E-state index < -0.39 is 0 Å². The summed E-state index contributed by atoms with van der Waals surface area (Å²) >= 11 is 0. The van der Waals surface area contributed by atoms with E-state index in [0.717, 1.165) is 25.2 Å². The highest BCUT2D eigenvalue weighted by molar-refractivity contribution is 5.32. The Morgan fingerprint density at radius 3 is 2.67 bits per heavy atom. The zero-order valence-corrected chi connectivity index (χ0v) is 11.8. The summed E-state index contributed by atoms with van der Waals surface area (Å²) in [5, 5.41) is 12.3. The molecule has 3 heteroatoms. The molecule has 0 unspecified atom stereocenters. The lowest BCUT2D eigenvalue weighted by atomic mass is 10.1. The third-order valence-corrected chi connectivity index (χ3v) is 2.66. The second-order valence-electron chi connectivity index (χ2n) is 5.73. The van der Waals surface area contributed by atoms with E-state index in [2.05, 4.69) is 50.2 Å². The molecule has 3 nitrogen and oxygen atoms in total. The number of nitrogens with one attached hydrogen (secondary N) is 1. The average Bonchev–Trinajstić information content (AvgIpc) is 2.27. The second-order valence-corrected chi connectivity index (χ2v) is 5.73. The van der Waals surface area contributed by atoms with Gasteiger partial charge in [0.1, 0.15) is 0 Å². The minimum absolute atomic E-state index is 0.168. The van der Waals surface area contributed by atoms with Gasteiger partial charge in [-0.25, -0.2) is 0 Å². The average molecular weight is 245 g/mol. The van der Waals surface area contributed by atoms with E-state index in [1.807, 2.05) is 18.2 Å². The topological polar surface area (TPSA) is 39.1 Å². The highest BCUT2D eigenvalue weighted by Gasteiger charge is 2.08. The van der Waals surface area contributed by atoms with Gasteiger partial charge in [0.05, 0.1) is 11.6 Å². The maximum absolute atomic E-state index is 8.85. The van der Waals surface area contributed by atoms with Crippen LogP contribution in [0.3, 0.4) is 0 Å². The predicted octanol–water partition coefficient (Wildman–Crippen LogP) is 2.38. The van der Waals surface area contributed by atoms with Crippen LogP contribution in [0.15, 0.2) is 24.3 Å². The zero-order chi connectivity index (χ0) is 13.6. The zero-order valence-electron chi connectivity index (χ0n) is 11.8. The molecule has 0 aliphatic rings. The van der Waals surface area contributed by atoms with Crippen LogP contribution in [0.1, 0.15) is 31.9 Å². The van der Waals surface area contributed by atoms with Crippen molar-refractivity contribution in [1.82, 2.24) is 10.2 Å². The van der Waals surface area contributed by atoms with E-state index in [9.17, 15) is 0 Å². The van der Waals surface area contributed by atoms with Crippen molar-refractivity contribution in [3.63, 3.8) is 0 Å². The van der Waals surface area contributed by atoms with E-state index in [0.29, 0.717) is 0 Å². The fraction of sp³-hybridized carbons (Fsp3) is 0.533. The SMILES string of the molecule is CN(CCNC(C)(C)C)Cc1cccc(C#N)c1. The van der Waals surface area contributed by atoms with Gasteiger partial charge in [0.15, 0.2) is 0 Å². The molecule has 1 rings (SSSR count). The van der Waals surface area contributed by atoms with Crippen LogP contribution in [0.25, 0.3) is 0 Å². The summed E-state index contributed by atoms with van der Waals surface area (Å²) in [6.45, 7) is 9.35. The Bertz CT molecular complexity index is 412. The molecule has 1 N–H and O–H groups in total. The number of likely N-dealkylation sites (N-methyl/N-ethyl adjacent to an activating group) is 1. The first-order valence-electron chi connectivity index (χ1n) is 6.33. The molecule has 0 saturated carbocycles. The molecule has 98 valence electrons. The van der Waals surface area contributed by atoms with E-state index in [-0.39, 0.29) is 5.54 Å². The van der Waals surface area contributed by atoms with Crippen molar-refractivity contribution in [3.8, 4) is 6.07 Å². The minimum Gasteiger partial charge on any atom is -0.311 e. The first-order chi connectivity index (χ1) is 8.40. The highest BCUT2D eigenvalue weighted by Crippen LogP contribution is 2.06. The summed E-state index contributed by atoms with van der Waals surface area (Å²) in [5.41, 5.74) is 2.09. The number of hydrogen-bond donors (Lipinski definition) is 1. The van der Waals surface area contributed by atoms with Crippen molar-refractivity contribution in [2.75, 3.05) is 20.1 Å². The van der Waals surface area contributed by atoms with Gasteiger partial charge >= 0.3 is 0 Å². The largest absolute Gasteiger partial charge is 0.311 e. The van der Waals surface area contributed by atoms with Crippen LogP contribution in [0, 0.1) is 11.3 Å². The van der Waals surface area contributed by atoms with Gasteiger partial charge in [0.25, 0.3) is 0 Å². The Kier molecular flexibility index (Phi) is 5.33. The molecule has 18 heavy (non-hydrogen) atoms. The minimum atomic E-state index is 0.168. The van der Waals surface area contributed by atoms with Gasteiger partial charge in [-0.05, 0) is 45.5 Å².